The van der Waals surface area contributed by atoms with Crippen LogP contribution in [-0.2, 0) is 17.0 Å². The Morgan fingerprint density at radius 1 is 1.29 bits per heavy atom. The van der Waals surface area contributed by atoms with Crippen LogP contribution in [0, 0.1) is 0 Å². The van der Waals surface area contributed by atoms with Gasteiger partial charge in [-0.3, -0.25) is 4.21 Å². The highest BCUT2D eigenvalue weighted by molar-refractivity contribution is 7.84. The third kappa shape index (κ3) is 5.91. The molecular formula is C13H20F3N3OS. The van der Waals surface area contributed by atoms with E-state index in [1.54, 1.807) is 13.2 Å². The van der Waals surface area contributed by atoms with Crippen molar-refractivity contribution < 1.29 is 17.4 Å². The van der Waals surface area contributed by atoms with Gasteiger partial charge in [0.05, 0.1) is 5.56 Å². The predicted octanol–water partition coefficient (Wildman–Crippen LogP) is 3.10. The van der Waals surface area contributed by atoms with E-state index in [-0.39, 0.29) is 16.9 Å². The van der Waals surface area contributed by atoms with Gasteiger partial charge < -0.3 is 10.6 Å². The minimum Gasteiger partial charge on any atom is -0.370 e. The summed E-state index contributed by atoms with van der Waals surface area (Å²) in [4.78, 5) is 4.08. The summed E-state index contributed by atoms with van der Waals surface area (Å²) in [6.07, 6.45) is -2.21. The quantitative estimate of drug-likeness (QED) is 0.809. The second-order valence-corrected chi connectivity index (χ2v) is 6.48. The van der Waals surface area contributed by atoms with Gasteiger partial charge in [0.25, 0.3) is 0 Å². The highest BCUT2D eigenvalue weighted by atomic mass is 32.2. The number of halogens is 3. The van der Waals surface area contributed by atoms with Crippen LogP contribution in [0.1, 0.15) is 25.8 Å². The summed E-state index contributed by atoms with van der Waals surface area (Å²) in [5.41, 5.74) is -0.747. The molecule has 0 aliphatic rings. The molecule has 0 aliphatic carbocycles. The maximum Gasteiger partial charge on any atom is 0.416 e. The SMILES string of the molecule is CCNc1cc(C(F)(F)F)cc(NCCC(C)S(C)=O)n1. The van der Waals surface area contributed by atoms with Gasteiger partial charge in [-0.15, -0.1) is 0 Å². The summed E-state index contributed by atoms with van der Waals surface area (Å²) in [5.74, 6) is 0.344. The smallest absolute Gasteiger partial charge is 0.370 e. The normalized spacial score (nSPS) is 14.6. The second kappa shape index (κ2) is 7.63. The molecule has 0 bridgehead atoms. The summed E-state index contributed by atoms with van der Waals surface area (Å²) >= 11 is 0. The number of hydrogen-bond acceptors (Lipinski definition) is 4. The molecule has 1 rings (SSSR count). The number of nitrogens with zero attached hydrogens (tertiary/aromatic N) is 1. The van der Waals surface area contributed by atoms with Gasteiger partial charge >= 0.3 is 6.18 Å². The van der Waals surface area contributed by atoms with Gasteiger partial charge in [0.1, 0.15) is 11.6 Å². The molecule has 120 valence electrons. The minimum absolute atomic E-state index is 0.0171. The molecule has 0 fully saturated rings. The molecule has 1 aromatic heterocycles. The molecule has 1 heterocycles. The highest BCUT2D eigenvalue weighted by Gasteiger charge is 2.31. The van der Waals surface area contributed by atoms with Crippen LogP contribution < -0.4 is 10.6 Å². The van der Waals surface area contributed by atoms with Crippen LogP contribution in [0.25, 0.3) is 0 Å². The second-order valence-electron chi connectivity index (χ2n) is 4.68. The van der Waals surface area contributed by atoms with E-state index in [1.165, 1.54) is 0 Å². The van der Waals surface area contributed by atoms with Crippen LogP contribution in [0.2, 0.25) is 0 Å². The molecule has 0 amide bonds. The molecule has 0 radical (unpaired) electrons. The van der Waals surface area contributed by atoms with Crippen molar-refractivity contribution >= 4 is 22.4 Å². The van der Waals surface area contributed by atoms with Crippen LogP contribution >= 0.6 is 0 Å². The topological polar surface area (TPSA) is 54.0 Å². The van der Waals surface area contributed by atoms with Gasteiger partial charge in [0.15, 0.2) is 0 Å². The van der Waals surface area contributed by atoms with Crippen molar-refractivity contribution in [3.8, 4) is 0 Å². The number of nitrogens with one attached hydrogen (secondary N) is 2. The Kier molecular flexibility index (Phi) is 6.44. The van der Waals surface area contributed by atoms with Crippen molar-refractivity contribution in [3.63, 3.8) is 0 Å². The first-order valence-electron chi connectivity index (χ1n) is 6.63. The largest absolute Gasteiger partial charge is 0.416 e. The van der Waals surface area contributed by atoms with E-state index in [2.05, 4.69) is 15.6 Å². The van der Waals surface area contributed by atoms with E-state index in [0.29, 0.717) is 19.5 Å². The van der Waals surface area contributed by atoms with Crippen LogP contribution in [0.3, 0.4) is 0 Å². The van der Waals surface area contributed by atoms with Gasteiger partial charge in [-0.05, 0) is 25.5 Å². The van der Waals surface area contributed by atoms with Crippen molar-refractivity contribution in [2.75, 3.05) is 30.0 Å². The van der Waals surface area contributed by atoms with E-state index in [9.17, 15) is 17.4 Å². The molecule has 0 saturated heterocycles. The van der Waals surface area contributed by atoms with E-state index >= 15 is 0 Å². The Balaban J connectivity index is 2.81. The number of anilines is 2. The number of alkyl halides is 3. The fourth-order valence-corrected chi connectivity index (χ4v) is 2.08. The van der Waals surface area contributed by atoms with Crippen molar-refractivity contribution in [1.82, 2.24) is 4.98 Å². The zero-order chi connectivity index (χ0) is 16.0. The number of pyridine rings is 1. The molecule has 4 nitrogen and oxygen atoms in total. The summed E-state index contributed by atoms with van der Waals surface area (Å²) in [7, 11) is -0.947. The Bertz CT molecular complexity index is 494. The molecule has 2 atom stereocenters. The third-order valence-electron chi connectivity index (χ3n) is 2.93. The van der Waals surface area contributed by atoms with Gasteiger partial charge in [0, 0.05) is 35.4 Å². The van der Waals surface area contributed by atoms with Gasteiger partial charge in [-0.1, -0.05) is 6.92 Å². The lowest BCUT2D eigenvalue weighted by Crippen LogP contribution is -2.16. The van der Waals surface area contributed by atoms with E-state index in [1.807, 2.05) is 6.92 Å². The lowest BCUT2D eigenvalue weighted by molar-refractivity contribution is -0.137. The van der Waals surface area contributed by atoms with Crippen LogP contribution in [0.4, 0.5) is 24.8 Å². The van der Waals surface area contributed by atoms with E-state index < -0.39 is 22.5 Å². The molecule has 2 unspecified atom stereocenters. The standard InChI is InChI=1S/C13H20F3N3OS/c1-4-17-11-7-10(13(14,15)16)8-12(19-11)18-6-5-9(2)21(3)20/h7-9H,4-6H2,1-3H3,(H2,17,18,19). The zero-order valence-corrected chi connectivity index (χ0v) is 13.1. The maximum atomic E-state index is 12.8. The lowest BCUT2D eigenvalue weighted by Gasteiger charge is -2.14. The Morgan fingerprint density at radius 3 is 2.33 bits per heavy atom. The van der Waals surface area contributed by atoms with Crippen molar-refractivity contribution in [3.05, 3.63) is 17.7 Å². The molecular weight excluding hydrogens is 303 g/mol. The van der Waals surface area contributed by atoms with Crippen LogP contribution in [0.15, 0.2) is 12.1 Å². The number of aromatic nitrogens is 1. The van der Waals surface area contributed by atoms with E-state index in [4.69, 9.17) is 0 Å². The average Bonchev–Trinajstić information content (AvgIpc) is 2.37. The minimum atomic E-state index is -4.41. The average molecular weight is 323 g/mol. The first-order chi connectivity index (χ1) is 9.74. The summed E-state index contributed by atoms with van der Waals surface area (Å²) < 4.78 is 49.7. The maximum absolute atomic E-state index is 12.8. The number of rotatable bonds is 7. The highest BCUT2D eigenvalue weighted by Crippen LogP contribution is 2.32. The zero-order valence-electron chi connectivity index (χ0n) is 12.3. The van der Waals surface area contributed by atoms with Crippen molar-refractivity contribution in [2.24, 2.45) is 0 Å². The molecule has 0 aromatic carbocycles. The number of hydrogen-bond donors (Lipinski definition) is 2. The van der Waals surface area contributed by atoms with Crippen LogP contribution in [0.5, 0.6) is 0 Å². The van der Waals surface area contributed by atoms with Crippen molar-refractivity contribution in [2.45, 2.75) is 31.7 Å². The molecule has 0 spiro atoms. The molecule has 1 aromatic rings. The Morgan fingerprint density at radius 2 is 1.86 bits per heavy atom. The lowest BCUT2D eigenvalue weighted by atomic mass is 10.2. The van der Waals surface area contributed by atoms with Crippen molar-refractivity contribution in [1.29, 1.82) is 0 Å². The third-order valence-corrected chi connectivity index (χ3v) is 4.30. The first kappa shape index (κ1) is 17.7. The Hall–Kier alpha value is -1.31. The predicted molar refractivity (Wildman–Crippen MR) is 80.0 cm³/mol. The molecule has 0 aliphatic heterocycles. The monoisotopic (exact) mass is 323 g/mol. The van der Waals surface area contributed by atoms with Gasteiger partial charge in [0.2, 0.25) is 0 Å². The molecule has 8 heteroatoms. The fraction of sp³-hybridized carbons (Fsp3) is 0.615. The molecule has 0 saturated carbocycles. The summed E-state index contributed by atoms with van der Waals surface area (Å²) in [6.45, 7) is 4.52. The summed E-state index contributed by atoms with van der Waals surface area (Å²) in [6, 6.07) is 1.97. The first-order valence-corrected chi connectivity index (χ1v) is 8.25. The fourth-order valence-electron chi connectivity index (χ4n) is 1.63. The van der Waals surface area contributed by atoms with E-state index in [0.717, 1.165) is 12.1 Å². The summed E-state index contributed by atoms with van der Waals surface area (Å²) in [5, 5.41) is 5.62. The molecule has 2 N–H and O–H groups in total. The van der Waals surface area contributed by atoms with Gasteiger partial charge in [-0.2, -0.15) is 13.2 Å². The Labute approximate surface area is 125 Å². The molecule has 21 heavy (non-hydrogen) atoms. The van der Waals surface area contributed by atoms with Crippen LogP contribution in [-0.4, -0.2) is 33.8 Å². The van der Waals surface area contributed by atoms with Gasteiger partial charge in [-0.25, -0.2) is 4.98 Å².